The topological polar surface area (TPSA) is 95.6 Å². The van der Waals surface area contributed by atoms with Crippen molar-refractivity contribution in [1.82, 2.24) is 5.32 Å². The van der Waals surface area contributed by atoms with E-state index in [2.05, 4.69) is 5.32 Å². The summed E-state index contributed by atoms with van der Waals surface area (Å²) in [6.07, 6.45) is 0. The van der Waals surface area contributed by atoms with Crippen molar-refractivity contribution in [2.45, 2.75) is 19.7 Å². The Morgan fingerprint density at radius 1 is 1.05 bits per heavy atom. The van der Waals surface area contributed by atoms with Gasteiger partial charge >= 0.3 is 0 Å². The maximum absolute atomic E-state index is 10.7. The van der Waals surface area contributed by atoms with E-state index < -0.39 is 4.92 Å². The predicted octanol–water partition coefficient (Wildman–Crippen LogP) is 2.08. The number of aromatic hydroxyl groups is 1. The zero-order valence-corrected chi connectivity index (χ0v) is 11.3. The Morgan fingerprint density at radius 3 is 2.38 bits per heavy atom. The van der Waals surface area contributed by atoms with Crippen molar-refractivity contribution in [1.29, 1.82) is 0 Å². The number of aliphatic hydroxyl groups is 1. The van der Waals surface area contributed by atoms with Crippen molar-refractivity contribution in [3.05, 3.63) is 69.3 Å². The lowest BCUT2D eigenvalue weighted by Crippen LogP contribution is -2.14. The van der Waals surface area contributed by atoms with Gasteiger partial charge in [0.1, 0.15) is 5.75 Å². The molecule has 0 spiro atoms. The summed E-state index contributed by atoms with van der Waals surface area (Å²) in [6.45, 7) is 0.756. The number of benzene rings is 2. The van der Waals surface area contributed by atoms with E-state index in [1.165, 1.54) is 18.2 Å². The molecule has 2 rings (SSSR count). The van der Waals surface area contributed by atoms with Gasteiger partial charge in [-0.25, -0.2) is 0 Å². The first kappa shape index (κ1) is 15.0. The van der Waals surface area contributed by atoms with Gasteiger partial charge in [0, 0.05) is 30.8 Å². The number of nitro groups is 1. The summed E-state index contributed by atoms with van der Waals surface area (Å²) in [6, 6.07) is 11.4. The molecule has 6 nitrogen and oxygen atoms in total. The number of non-ortho nitro benzene ring substituents is 1. The molecule has 2 aromatic rings. The van der Waals surface area contributed by atoms with Crippen LogP contribution in [0.1, 0.15) is 16.7 Å². The van der Waals surface area contributed by atoms with E-state index in [0.29, 0.717) is 18.7 Å². The minimum Gasteiger partial charge on any atom is -0.508 e. The molecule has 0 radical (unpaired) electrons. The van der Waals surface area contributed by atoms with Gasteiger partial charge in [-0.2, -0.15) is 0 Å². The molecule has 110 valence electrons. The predicted molar refractivity (Wildman–Crippen MR) is 77.7 cm³/mol. The standard InChI is InChI=1S/C15H16N2O4/c18-10-12-4-2-1-3-11(12)8-16-9-13-7-14(17(20)21)5-6-15(13)19/h1-7,16,18-19H,8-10H2. The number of nitrogens with one attached hydrogen (secondary N) is 1. The average molecular weight is 288 g/mol. The monoisotopic (exact) mass is 288 g/mol. The van der Waals surface area contributed by atoms with E-state index in [1.54, 1.807) is 0 Å². The first-order chi connectivity index (χ1) is 10.1. The molecule has 0 aromatic heterocycles. The van der Waals surface area contributed by atoms with Crippen molar-refractivity contribution in [2.24, 2.45) is 0 Å². The summed E-state index contributed by atoms with van der Waals surface area (Å²) >= 11 is 0. The molecule has 0 saturated carbocycles. The van der Waals surface area contributed by atoms with E-state index in [4.69, 9.17) is 0 Å². The highest BCUT2D eigenvalue weighted by Crippen LogP contribution is 2.22. The van der Waals surface area contributed by atoms with Crippen LogP contribution in [0.25, 0.3) is 0 Å². The largest absolute Gasteiger partial charge is 0.508 e. The number of phenols is 1. The van der Waals surface area contributed by atoms with Crippen molar-refractivity contribution < 1.29 is 15.1 Å². The van der Waals surface area contributed by atoms with Crippen LogP contribution in [0.3, 0.4) is 0 Å². The van der Waals surface area contributed by atoms with Crippen LogP contribution in [0.2, 0.25) is 0 Å². The number of nitro benzene ring substituents is 1. The van der Waals surface area contributed by atoms with Gasteiger partial charge in [-0.15, -0.1) is 0 Å². The molecule has 0 saturated heterocycles. The molecule has 3 N–H and O–H groups in total. The number of hydrogen-bond acceptors (Lipinski definition) is 5. The summed E-state index contributed by atoms with van der Waals surface area (Å²) in [4.78, 5) is 10.2. The van der Waals surface area contributed by atoms with E-state index >= 15 is 0 Å². The second-order valence-electron chi connectivity index (χ2n) is 4.60. The van der Waals surface area contributed by atoms with Crippen LogP contribution in [0.5, 0.6) is 5.75 Å². The highest BCUT2D eigenvalue weighted by molar-refractivity contribution is 5.43. The van der Waals surface area contributed by atoms with Gasteiger partial charge in [-0.3, -0.25) is 10.1 Å². The van der Waals surface area contributed by atoms with Gasteiger partial charge in [-0.1, -0.05) is 24.3 Å². The van der Waals surface area contributed by atoms with Gasteiger partial charge in [0.25, 0.3) is 5.69 Å². The lowest BCUT2D eigenvalue weighted by atomic mass is 10.1. The van der Waals surface area contributed by atoms with Gasteiger partial charge in [0.2, 0.25) is 0 Å². The minimum atomic E-state index is -0.496. The third kappa shape index (κ3) is 3.77. The first-order valence-corrected chi connectivity index (χ1v) is 6.46. The third-order valence-corrected chi connectivity index (χ3v) is 3.19. The fraction of sp³-hybridized carbons (Fsp3) is 0.200. The average Bonchev–Trinajstić information content (AvgIpc) is 2.49. The van der Waals surface area contributed by atoms with E-state index in [0.717, 1.165) is 11.1 Å². The SMILES string of the molecule is O=[N+]([O-])c1ccc(O)c(CNCc2ccccc2CO)c1. The highest BCUT2D eigenvalue weighted by Gasteiger charge is 2.10. The molecule has 0 bridgehead atoms. The molecular formula is C15H16N2O4. The van der Waals surface area contributed by atoms with Crippen LogP contribution in [-0.2, 0) is 19.7 Å². The third-order valence-electron chi connectivity index (χ3n) is 3.19. The molecule has 0 aliphatic carbocycles. The van der Waals surface area contributed by atoms with Crippen molar-refractivity contribution in [3.63, 3.8) is 0 Å². The summed E-state index contributed by atoms with van der Waals surface area (Å²) in [5.74, 6) is 0.0172. The van der Waals surface area contributed by atoms with Gasteiger partial charge < -0.3 is 15.5 Å². The number of nitrogens with zero attached hydrogens (tertiary/aromatic N) is 1. The van der Waals surface area contributed by atoms with Gasteiger partial charge in [0.05, 0.1) is 11.5 Å². The van der Waals surface area contributed by atoms with E-state index in [1.807, 2.05) is 24.3 Å². The summed E-state index contributed by atoms with van der Waals surface area (Å²) in [7, 11) is 0. The zero-order chi connectivity index (χ0) is 15.2. The zero-order valence-electron chi connectivity index (χ0n) is 11.3. The molecule has 21 heavy (non-hydrogen) atoms. The number of rotatable bonds is 6. The molecule has 6 heteroatoms. The number of phenolic OH excluding ortho intramolecular Hbond substituents is 1. The normalized spacial score (nSPS) is 10.5. The minimum absolute atomic E-state index is 0.0172. The van der Waals surface area contributed by atoms with Gasteiger partial charge in [0.15, 0.2) is 0 Å². The van der Waals surface area contributed by atoms with Crippen LogP contribution >= 0.6 is 0 Å². The Bertz CT molecular complexity index is 643. The maximum Gasteiger partial charge on any atom is 0.270 e. The smallest absolute Gasteiger partial charge is 0.270 e. The quantitative estimate of drug-likeness (QED) is 0.558. The van der Waals surface area contributed by atoms with Crippen LogP contribution in [0, 0.1) is 10.1 Å². The molecule has 0 aliphatic heterocycles. The van der Waals surface area contributed by atoms with Crippen molar-refractivity contribution in [3.8, 4) is 5.75 Å². The Hall–Kier alpha value is -2.44. The fourth-order valence-electron chi connectivity index (χ4n) is 2.04. The second kappa shape index (κ2) is 6.83. The summed E-state index contributed by atoms with van der Waals surface area (Å²) in [5.41, 5.74) is 2.18. The molecule has 2 aromatic carbocycles. The molecular weight excluding hydrogens is 272 g/mol. The lowest BCUT2D eigenvalue weighted by molar-refractivity contribution is -0.384. The van der Waals surface area contributed by atoms with Crippen LogP contribution in [0.15, 0.2) is 42.5 Å². The van der Waals surface area contributed by atoms with Crippen molar-refractivity contribution in [2.75, 3.05) is 0 Å². The first-order valence-electron chi connectivity index (χ1n) is 6.46. The maximum atomic E-state index is 10.7. The molecule has 0 aliphatic rings. The Morgan fingerprint density at radius 2 is 1.71 bits per heavy atom. The van der Waals surface area contributed by atoms with Crippen LogP contribution < -0.4 is 5.32 Å². The Balaban J connectivity index is 2.03. The molecule has 0 atom stereocenters. The summed E-state index contributed by atoms with van der Waals surface area (Å²) < 4.78 is 0. The highest BCUT2D eigenvalue weighted by atomic mass is 16.6. The molecule has 0 unspecified atom stereocenters. The van der Waals surface area contributed by atoms with E-state index in [-0.39, 0.29) is 18.0 Å². The van der Waals surface area contributed by atoms with Crippen LogP contribution in [-0.4, -0.2) is 15.1 Å². The summed E-state index contributed by atoms with van der Waals surface area (Å²) in [5, 5.41) is 32.8. The molecule has 0 fully saturated rings. The number of aliphatic hydroxyl groups excluding tert-OH is 1. The molecule has 0 amide bonds. The van der Waals surface area contributed by atoms with Gasteiger partial charge in [-0.05, 0) is 17.2 Å². The van der Waals surface area contributed by atoms with Crippen LogP contribution in [0.4, 0.5) is 5.69 Å². The van der Waals surface area contributed by atoms with Crippen molar-refractivity contribution >= 4 is 5.69 Å². The number of hydrogen-bond donors (Lipinski definition) is 3. The second-order valence-corrected chi connectivity index (χ2v) is 4.60. The Kier molecular flexibility index (Phi) is 4.86. The lowest BCUT2D eigenvalue weighted by Gasteiger charge is -2.09. The van der Waals surface area contributed by atoms with E-state index in [9.17, 15) is 20.3 Å². The fourth-order valence-corrected chi connectivity index (χ4v) is 2.04. The Labute approximate surface area is 121 Å². The molecule has 0 heterocycles.